The molecule has 2 aromatic rings. The van der Waals surface area contributed by atoms with Crippen molar-refractivity contribution in [1.82, 2.24) is 10.1 Å². The third-order valence-corrected chi connectivity index (χ3v) is 5.41. The fraction of sp³-hybridized carbons (Fsp3) is 0.478. The van der Waals surface area contributed by atoms with Crippen molar-refractivity contribution in [3.8, 4) is 5.75 Å². The van der Waals surface area contributed by atoms with Gasteiger partial charge in [-0.15, -0.1) is 0 Å². The monoisotopic (exact) mass is 451 g/mol. The molecule has 2 amide bonds. The van der Waals surface area contributed by atoms with Crippen molar-refractivity contribution >= 4 is 18.0 Å². The van der Waals surface area contributed by atoms with Gasteiger partial charge in [0.2, 0.25) is 5.88 Å². The normalized spacial score (nSPS) is 15.4. The largest absolute Gasteiger partial charge is 0.493 e. The van der Waals surface area contributed by atoms with E-state index in [4.69, 9.17) is 9.26 Å². The molecule has 32 heavy (non-hydrogen) atoms. The Morgan fingerprint density at radius 2 is 2.03 bits per heavy atom. The maximum atomic E-state index is 12.5. The Hall–Kier alpha value is -2.97. The molecule has 1 fully saturated rings. The number of piperidine rings is 1. The molecule has 1 N–H and O–H groups in total. The van der Waals surface area contributed by atoms with E-state index in [-0.39, 0.29) is 12.6 Å². The molecule has 1 aromatic carbocycles. The first-order valence-corrected chi connectivity index (χ1v) is 10.6. The second-order valence-electron chi connectivity index (χ2n) is 8.25. The van der Waals surface area contributed by atoms with Gasteiger partial charge in [-0.1, -0.05) is 35.9 Å². The summed E-state index contributed by atoms with van der Waals surface area (Å²) in [5, 5.41) is 6.60. The standard InChI is InChI=1S/C23H28F3N3O3/c1-15(13-23(24,25)26)14-31-20-6-4-5-19(12-20)11-18-7-9-29(10-8-18)22(30)27-21-16(2)17(3)28-32-21/h4-6,11-12,15H,7-10,13-14H2,1-3H3,(H,27,30). The molecule has 0 radical (unpaired) electrons. The minimum atomic E-state index is -4.19. The number of halogens is 3. The number of hydrogen-bond acceptors (Lipinski definition) is 4. The summed E-state index contributed by atoms with van der Waals surface area (Å²) in [4.78, 5) is 14.2. The molecule has 3 rings (SSSR count). The summed E-state index contributed by atoms with van der Waals surface area (Å²) in [6, 6.07) is 7.09. The van der Waals surface area contributed by atoms with E-state index in [0.29, 0.717) is 24.7 Å². The molecule has 2 heterocycles. The second-order valence-corrected chi connectivity index (χ2v) is 8.25. The number of carbonyl (C=O) groups excluding carboxylic acids is 1. The van der Waals surface area contributed by atoms with Crippen LogP contribution in [-0.2, 0) is 0 Å². The van der Waals surface area contributed by atoms with Crippen molar-refractivity contribution in [3.63, 3.8) is 0 Å². The van der Waals surface area contributed by atoms with Crippen LogP contribution in [0.3, 0.4) is 0 Å². The summed E-state index contributed by atoms with van der Waals surface area (Å²) in [5.74, 6) is 0.301. The molecule has 0 spiro atoms. The molecule has 0 saturated carbocycles. The zero-order valence-electron chi connectivity index (χ0n) is 18.5. The molecule has 9 heteroatoms. The number of rotatable bonds is 6. The summed E-state index contributed by atoms with van der Waals surface area (Å²) >= 11 is 0. The maximum Gasteiger partial charge on any atom is 0.389 e. The van der Waals surface area contributed by atoms with Crippen LogP contribution in [0.15, 0.2) is 34.4 Å². The van der Waals surface area contributed by atoms with Crippen LogP contribution in [0.2, 0.25) is 0 Å². The second kappa shape index (κ2) is 10.1. The number of nitrogens with zero attached hydrogens (tertiary/aromatic N) is 2. The highest BCUT2D eigenvalue weighted by Crippen LogP contribution is 2.26. The molecule has 1 saturated heterocycles. The number of likely N-dealkylation sites (tertiary alicyclic amines) is 1. The van der Waals surface area contributed by atoms with Gasteiger partial charge in [-0.05, 0) is 50.3 Å². The van der Waals surface area contributed by atoms with Crippen molar-refractivity contribution in [3.05, 3.63) is 46.7 Å². The number of aromatic nitrogens is 1. The van der Waals surface area contributed by atoms with Crippen LogP contribution in [0.1, 0.15) is 43.0 Å². The van der Waals surface area contributed by atoms with Gasteiger partial charge in [0.05, 0.1) is 12.3 Å². The fourth-order valence-electron chi connectivity index (χ4n) is 3.47. The molecular formula is C23H28F3N3O3. The Bertz CT molecular complexity index is 959. The van der Waals surface area contributed by atoms with Crippen LogP contribution >= 0.6 is 0 Å². The summed E-state index contributed by atoms with van der Waals surface area (Å²) in [6.45, 7) is 6.34. The molecule has 1 unspecified atom stereocenters. The third kappa shape index (κ3) is 6.77. The fourth-order valence-corrected chi connectivity index (χ4v) is 3.47. The molecule has 1 aromatic heterocycles. The van der Waals surface area contributed by atoms with E-state index in [1.54, 1.807) is 11.0 Å². The molecule has 0 aliphatic carbocycles. The van der Waals surface area contributed by atoms with Gasteiger partial charge in [0.15, 0.2) is 0 Å². The lowest BCUT2D eigenvalue weighted by atomic mass is 10.0. The lowest BCUT2D eigenvalue weighted by Gasteiger charge is -2.28. The Morgan fingerprint density at radius 1 is 1.31 bits per heavy atom. The zero-order chi connectivity index (χ0) is 23.3. The van der Waals surface area contributed by atoms with Gasteiger partial charge in [-0.2, -0.15) is 13.2 Å². The highest BCUT2D eigenvalue weighted by Gasteiger charge is 2.30. The van der Waals surface area contributed by atoms with E-state index in [1.807, 2.05) is 38.1 Å². The predicted octanol–water partition coefficient (Wildman–Crippen LogP) is 5.97. The quantitative estimate of drug-likeness (QED) is 0.588. The lowest BCUT2D eigenvalue weighted by Crippen LogP contribution is -2.39. The van der Waals surface area contributed by atoms with E-state index in [2.05, 4.69) is 10.5 Å². The summed E-state index contributed by atoms with van der Waals surface area (Å²) in [7, 11) is 0. The van der Waals surface area contributed by atoms with E-state index in [0.717, 1.165) is 29.7 Å². The van der Waals surface area contributed by atoms with Crippen molar-refractivity contribution in [2.24, 2.45) is 5.92 Å². The molecule has 0 bridgehead atoms. The van der Waals surface area contributed by atoms with Crippen molar-refractivity contribution in [2.75, 3.05) is 25.0 Å². The smallest absolute Gasteiger partial charge is 0.389 e. The third-order valence-electron chi connectivity index (χ3n) is 5.41. The van der Waals surface area contributed by atoms with Crippen LogP contribution in [0.5, 0.6) is 5.75 Å². The SMILES string of the molecule is Cc1noc(NC(=O)N2CCC(=Cc3cccc(OCC(C)CC(F)(F)F)c3)CC2)c1C. The first-order valence-electron chi connectivity index (χ1n) is 10.6. The number of ether oxygens (including phenoxy) is 1. The first kappa shape index (κ1) is 23.7. The van der Waals surface area contributed by atoms with Gasteiger partial charge in [0.25, 0.3) is 0 Å². The van der Waals surface area contributed by atoms with Gasteiger partial charge in [-0.3, -0.25) is 5.32 Å². The number of amides is 2. The Morgan fingerprint density at radius 3 is 2.66 bits per heavy atom. The van der Waals surface area contributed by atoms with Crippen LogP contribution in [-0.4, -0.2) is 42.0 Å². The minimum Gasteiger partial charge on any atom is -0.493 e. The maximum absolute atomic E-state index is 12.5. The average Bonchev–Trinajstić information content (AvgIpc) is 3.04. The van der Waals surface area contributed by atoms with Crippen LogP contribution < -0.4 is 10.1 Å². The van der Waals surface area contributed by atoms with Crippen LogP contribution in [0, 0.1) is 19.8 Å². The number of benzene rings is 1. The molecule has 6 nitrogen and oxygen atoms in total. The summed E-state index contributed by atoms with van der Waals surface area (Å²) < 4.78 is 48.1. The van der Waals surface area contributed by atoms with Crippen molar-refractivity contribution in [1.29, 1.82) is 0 Å². The number of urea groups is 1. The zero-order valence-corrected chi connectivity index (χ0v) is 18.5. The first-order chi connectivity index (χ1) is 15.1. The number of hydrogen-bond donors (Lipinski definition) is 1. The van der Waals surface area contributed by atoms with E-state index < -0.39 is 18.5 Å². The molecular weight excluding hydrogens is 423 g/mol. The summed E-state index contributed by atoms with van der Waals surface area (Å²) in [6.07, 6.45) is -1.54. The van der Waals surface area contributed by atoms with Gasteiger partial charge >= 0.3 is 12.2 Å². The van der Waals surface area contributed by atoms with E-state index in [9.17, 15) is 18.0 Å². The van der Waals surface area contributed by atoms with Gasteiger partial charge in [0, 0.05) is 25.1 Å². The van der Waals surface area contributed by atoms with Gasteiger partial charge in [-0.25, -0.2) is 4.79 Å². The topological polar surface area (TPSA) is 67.6 Å². The average molecular weight is 451 g/mol. The van der Waals surface area contributed by atoms with E-state index >= 15 is 0 Å². The predicted molar refractivity (Wildman–Crippen MR) is 116 cm³/mol. The molecule has 1 aliphatic heterocycles. The number of aryl methyl sites for hydroxylation is 1. The highest BCUT2D eigenvalue weighted by molar-refractivity contribution is 5.88. The number of carbonyl (C=O) groups is 1. The highest BCUT2D eigenvalue weighted by atomic mass is 19.4. The number of alkyl halides is 3. The summed E-state index contributed by atoms with van der Waals surface area (Å²) in [5.41, 5.74) is 3.67. The van der Waals surface area contributed by atoms with Crippen LogP contribution in [0.25, 0.3) is 6.08 Å². The number of anilines is 1. The van der Waals surface area contributed by atoms with Gasteiger partial charge in [0.1, 0.15) is 5.75 Å². The number of nitrogens with one attached hydrogen (secondary N) is 1. The molecule has 1 atom stereocenters. The minimum absolute atomic E-state index is 0.00773. The molecule has 174 valence electrons. The van der Waals surface area contributed by atoms with E-state index in [1.165, 1.54) is 12.5 Å². The van der Waals surface area contributed by atoms with Crippen LogP contribution in [0.4, 0.5) is 23.8 Å². The Balaban J connectivity index is 1.51. The van der Waals surface area contributed by atoms with Crippen molar-refractivity contribution in [2.45, 2.75) is 46.2 Å². The Labute approximate surface area is 185 Å². The van der Waals surface area contributed by atoms with Crippen molar-refractivity contribution < 1.29 is 27.2 Å². The molecule has 1 aliphatic rings. The Kier molecular flexibility index (Phi) is 7.48. The van der Waals surface area contributed by atoms with Gasteiger partial charge < -0.3 is 14.2 Å². The lowest BCUT2D eigenvalue weighted by molar-refractivity contribution is -0.145.